The molecule has 2 unspecified atom stereocenters. The lowest BCUT2D eigenvalue weighted by molar-refractivity contribution is -0.135. The van der Waals surface area contributed by atoms with E-state index in [9.17, 15) is 9.50 Å². The highest BCUT2D eigenvalue weighted by Gasteiger charge is 2.36. The lowest BCUT2D eigenvalue weighted by Crippen LogP contribution is -2.45. The van der Waals surface area contributed by atoms with E-state index in [1.807, 2.05) is 6.92 Å². The van der Waals surface area contributed by atoms with Crippen LogP contribution in [0.15, 0.2) is 22.7 Å². The average molecular weight is 317 g/mol. The van der Waals surface area contributed by atoms with Crippen molar-refractivity contribution < 1.29 is 14.2 Å². The van der Waals surface area contributed by atoms with E-state index in [4.69, 9.17) is 4.74 Å². The zero-order valence-electron chi connectivity index (χ0n) is 10.5. The molecule has 4 heteroatoms. The van der Waals surface area contributed by atoms with Crippen LogP contribution in [0.25, 0.3) is 0 Å². The van der Waals surface area contributed by atoms with E-state index < -0.39 is 11.7 Å². The first-order valence-electron chi connectivity index (χ1n) is 6.27. The van der Waals surface area contributed by atoms with Crippen LogP contribution in [0.2, 0.25) is 0 Å². The first kappa shape index (κ1) is 14.0. The SMILES string of the molecule is CC1(C(O)Cc2cc(Br)ccc2F)CCCCO1. The maximum atomic E-state index is 13.6. The summed E-state index contributed by atoms with van der Waals surface area (Å²) in [6.07, 6.45) is 2.51. The van der Waals surface area contributed by atoms with E-state index in [1.165, 1.54) is 6.07 Å². The molecule has 1 aliphatic heterocycles. The minimum absolute atomic E-state index is 0.280. The molecule has 0 spiro atoms. The molecule has 0 saturated carbocycles. The van der Waals surface area contributed by atoms with E-state index in [1.54, 1.807) is 12.1 Å². The summed E-state index contributed by atoms with van der Waals surface area (Å²) in [5, 5.41) is 10.3. The van der Waals surface area contributed by atoms with Crippen molar-refractivity contribution >= 4 is 15.9 Å². The first-order chi connectivity index (χ1) is 8.51. The fourth-order valence-electron chi connectivity index (χ4n) is 2.34. The molecule has 1 aromatic rings. The van der Waals surface area contributed by atoms with Crippen molar-refractivity contribution in [2.75, 3.05) is 6.61 Å². The minimum atomic E-state index is -0.679. The van der Waals surface area contributed by atoms with Gasteiger partial charge in [-0.3, -0.25) is 0 Å². The third-order valence-electron chi connectivity index (χ3n) is 3.63. The molecule has 100 valence electrons. The molecule has 0 aromatic heterocycles. The van der Waals surface area contributed by atoms with Crippen molar-refractivity contribution in [3.05, 3.63) is 34.1 Å². The summed E-state index contributed by atoms with van der Waals surface area (Å²) in [6.45, 7) is 2.58. The van der Waals surface area contributed by atoms with Crippen LogP contribution < -0.4 is 0 Å². The summed E-state index contributed by atoms with van der Waals surface area (Å²) in [6, 6.07) is 4.78. The van der Waals surface area contributed by atoms with Crippen molar-refractivity contribution in [1.29, 1.82) is 0 Å². The van der Waals surface area contributed by atoms with Gasteiger partial charge in [-0.15, -0.1) is 0 Å². The fraction of sp³-hybridized carbons (Fsp3) is 0.571. The first-order valence-corrected chi connectivity index (χ1v) is 7.06. The van der Waals surface area contributed by atoms with Crippen molar-refractivity contribution in [3.63, 3.8) is 0 Å². The van der Waals surface area contributed by atoms with E-state index in [2.05, 4.69) is 15.9 Å². The Morgan fingerprint density at radius 2 is 2.28 bits per heavy atom. The normalized spacial score (nSPS) is 26.0. The van der Waals surface area contributed by atoms with Crippen molar-refractivity contribution in [1.82, 2.24) is 0 Å². The number of hydrogen-bond donors (Lipinski definition) is 1. The van der Waals surface area contributed by atoms with Crippen molar-refractivity contribution in [2.24, 2.45) is 0 Å². The maximum Gasteiger partial charge on any atom is 0.126 e. The molecule has 18 heavy (non-hydrogen) atoms. The van der Waals surface area contributed by atoms with E-state index in [0.717, 1.165) is 23.7 Å². The Morgan fingerprint density at radius 3 is 2.94 bits per heavy atom. The summed E-state index contributed by atoms with van der Waals surface area (Å²) in [7, 11) is 0. The number of aliphatic hydroxyl groups is 1. The lowest BCUT2D eigenvalue weighted by Gasteiger charge is -2.38. The third-order valence-corrected chi connectivity index (χ3v) is 4.12. The van der Waals surface area contributed by atoms with Crippen molar-refractivity contribution in [3.8, 4) is 0 Å². The van der Waals surface area contributed by atoms with Gasteiger partial charge in [0.05, 0.1) is 11.7 Å². The predicted octanol–water partition coefficient (Wildman–Crippen LogP) is 3.45. The molecular weight excluding hydrogens is 299 g/mol. The van der Waals surface area contributed by atoms with Gasteiger partial charge in [0, 0.05) is 17.5 Å². The van der Waals surface area contributed by atoms with Crippen LogP contribution in [0.3, 0.4) is 0 Å². The van der Waals surface area contributed by atoms with E-state index >= 15 is 0 Å². The molecule has 0 amide bonds. The second-order valence-corrected chi connectivity index (χ2v) is 5.99. The largest absolute Gasteiger partial charge is 0.390 e. The molecule has 1 heterocycles. The van der Waals surface area contributed by atoms with Crippen LogP contribution >= 0.6 is 15.9 Å². The minimum Gasteiger partial charge on any atom is -0.390 e. The molecule has 1 fully saturated rings. The van der Waals surface area contributed by atoms with Gasteiger partial charge >= 0.3 is 0 Å². The van der Waals surface area contributed by atoms with Gasteiger partial charge < -0.3 is 9.84 Å². The Labute approximate surface area is 115 Å². The van der Waals surface area contributed by atoms with Crippen LogP contribution in [0, 0.1) is 5.82 Å². The highest BCUT2D eigenvalue weighted by Crippen LogP contribution is 2.30. The summed E-state index contributed by atoms with van der Waals surface area (Å²) < 4.78 is 20.2. The number of hydrogen-bond acceptors (Lipinski definition) is 2. The zero-order chi connectivity index (χ0) is 13.2. The zero-order valence-corrected chi connectivity index (χ0v) is 12.0. The molecule has 1 saturated heterocycles. The average Bonchev–Trinajstić information content (AvgIpc) is 2.35. The van der Waals surface area contributed by atoms with Crippen LogP contribution in [0.5, 0.6) is 0 Å². The Hall–Kier alpha value is -0.450. The second-order valence-electron chi connectivity index (χ2n) is 5.07. The summed E-state index contributed by atoms with van der Waals surface area (Å²) in [4.78, 5) is 0. The highest BCUT2D eigenvalue weighted by molar-refractivity contribution is 9.10. The number of benzene rings is 1. The topological polar surface area (TPSA) is 29.5 Å². The summed E-state index contributed by atoms with van der Waals surface area (Å²) in [5.74, 6) is -0.281. The smallest absolute Gasteiger partial charge is 0.126 e. The van der Waals surface area contributed by atoms with Gasteiger partial charge in [-0.25, -0.2) is 4.39 Å². The van der Waals surface area contributed by atoms with E-state index in [0.29, 0.717) is 12.2 Å². The molecule has 0 bridgehead atoms. The monoisotopic (exact) mass is 316 g/mol. The summed E-state index contributed by atoms with van der Waals surface area (Å²) >= 11 is 3.32. The van der Waals surface area contributed by atoms with Gasteiger partial charge in [-0.1, -0.05) is 15.9 Å². The molecule has 1 N–H and O–H groups in total. The number of ether oxygens (including phenoxy) is 1. The van der Waals surface area contributed by atoms with Gasteiger partial charge in [0.2, 0.25) is 0 Å². The van der Waals surface area contributed by atoms with Crippen LogP contribution in [-0.2, 0) is 11.2 Å². The molecule has 1 aliphatic rings. The molecule has 0 aliphatic carbocycles. The fourth-order valence-corrected chi connectivity index (χ4v) is 2.75. The molecule has 0 radical (unpaired) electrons. The van der Waals surface area contributed by atoms with Gasteiger partial charge in [-0.05, 0) is 49.9 Å². The Balaban J connectivity index is 2.10. The standard InChI is InChI=1S/C14H18BrFO2/c1-14(6-2-3-7-18-14)13(17)9-10-8-11(15)4-5-12(10)16/h4-5,8,13,17H,2-3,6-7,9H2,1H3. The molecule has 2 atom stereocenters. The van der Waals surface area contributed by atoms with Gasteiger partial charge in [0.15, 0.2) is 0 Å². The molecular formula is C14H18BrFO2. The Bertz CT molecular complexity index is 416. The van der Waals surface area contributed by atoms with Gasteiger partial charge in [0.25, 0.3) is 0 Å². The number of halogens is 2. The third kappa shape index (κ3) is 3.11. The quantitative estimate of drug-likeness (QED) is 0.925. The molecule has 2 rings (SSSR count). The van der Waals surface area contributed by atoms with Gasteiger partial charge in [-0.2, -0.15) is 0 Å². The van der Waals surface area contributed by atoms with Gasteiger partial charge in [0.1, 0.15) is 5.82 Å². The Morgan fingerprint density at radius 1 is 1.50 bits per heavy atom. The van der Waals surface area contributed by atoms with Crippen LogP contribution in [0.1, 0.15) is 31.7 Å². The van der Waals surface area contributed by atoms with Crippen LogP contribution in [0.4, 0.5) is 4.39 Å². The number of rotatable bonds is 3. The second kappa shape index (κ2) is 5.68. The molecule has 1 aromatic carbocycles. The maximum absolute atomic E-state index is 13.6. The van der Waals surface area contributed by atoms with E-state index in [-0.39, 0.29) is 12.2 Å². The predicted molar refractivity (Wildman–Crippen MR) is 72.0 cm³/mol. The number of aliphatic hydroxyl groups excluding tert-OH is 1. The lowest BCUT2D eigenvalue weighted by atomic mass is 9.87. The highest BCUT2D eigenvalue weighted by atomic mass is 79.9. The van der Waals surface area contributed by atoms with Crippen LogP contribution in [-0.4, -0.2) is 23.4 Å². The van der Waals surface area contributed by atoms with Crippen molar-refractivity contribution in [2.45, 2.75) is 44.3 Å². The summed E-state index contributed by atoms with van der Waals surface area (Å²) in [5.41, 5.74) is -0.0280. The Kier molecular flexibility index (Phi) is 4.41. The molecule has 2 nitrogen and oxygen atoms in total.